The van der Waals surface area contributed by atoms with E-state index in [1.165, 1.54) is 21.9 Å². The zero-order chi connectivity index (χ0) is 65.5. The van der Waals surface area contributed by atoms with E-state index in [2.05, 4.69) is 370 Å². The summed E-state index contributed by atoms with van der Waals surface area (Å²) in [4.78, 5) is 14.3. The van der Waals surface area contributed by atoms with Gasteiger partial charge in [-0.1, -0.05) is 260 Å². The van der Waals surface area contributed by atoms with Crippen LogP contribution in [0.1, 0.15) is 0 Å². The molecule has 0 saturated heterocycles. The van der Waals surface area contributed by atoms with Gasteiger partial charge >= 0.3 is 0 Å². The molecule has 0 fully saturated rings. The number of hydrogen-bond donors (Lipinski definition) is 0. The fourth-order valence-corrected chi connectivity index (χ4v) is 17.0. The van der Waals surface area contributed by atoms with Crippen molar-refractivity contribution in [2.24, 2.45) is 0 Å². The molecule has 0 N–H and O–H groups in total. The van der Waals surface area contributed by atoms with Crippen LogP contribution >= 0.6 is 11.8 Å². The maximum absolute atomic E-state index is 18.7. The second-order valence-corrected chi connectivity index (χ2v) is 26.7. The summed E-state index contributed by atoms with van der Waals surface area (Å²) in [5.74, 6) is -0.324. The molecule has 4 aliphatic heterocycles. The van der Waals surface area contributed by atoms with Gasteiger partial charge in [0.05, 0.1) is 11.4 Å². The lowest BCUT2D eigenvalue weighted by Gasteiger charge is -2.46. The lowest BCUT2D eigenvalue weighted by molar-refractivity contribution is 0.629. The summed E-state index contributed by atoms with van der Waals surface area (Å²) in [5.41, 5.74) is 28.1. The highest BCUT2D eigenvalue weighted by Gasteiger charge is 2.48. The number of para-hydroxylation sites is 7. The zero-order valence-corrected chi connectivity index (χ0v) is 54.6. The molecule has 0 aromatic heterocycles. The second-order valence-electron chi connectivity index (χ2n) is 25.7. The molecule has 9 heteroatoms. The van der Waals surface area contributed by atoms with Crippen molar-refractivity contribution < 1.29 is 4.39 Å². The van der Waals surface area contributed by atoms with Gasteiger partial charge in [-0.3, -0.25) is 0 Å². The van der Waals surface area contributed by atoms with Crippen molar-refractivity contribution in [1.29, 1.82) is 0 Å². The largest absolute Gasteiger partial charge is 0.311 e. The van der Waals surface area contributed by atoms with E-state index in [0.29, 0.717) is 5.69 Å². The maximum atomic E-state index is 18.7. The Kier molecular flexibility index (Phi) is 14.1. The molecule has 0 spiro atoms. The summed E-state index contributed by atoms with van der Waals surface area (Å²) in [5, 5.41) is 0. The van der Waals surface area contributed by atoms with Crippen molar-refractivity contribution >= 4 is 143 Å². The Hall–Kier alpha value is -12.3. The van der Waals surface area contributed by atoms with E-state index < -0.39 is 0 Å². The minimum Gasteiger partial charge on any atom is -0.311 e. The van der Waals surface area contributed by atoms with Crippen LogP contribution in [0.15, 0.2) is 374 Å². The Morgan fingerprint density at radius 2 is 0.646 bits per heavy atom. The number of anilines is 15. The van der Waals surface area contributed by atoms with Gasteiger partial charge in [0.1, 0.15) is 5.82 Å². The number of rotatable bonds is 12. The number of nitrogens with zero attached hydrogens (tertiary/aromatic N) is 5. The monoisotopic (exact) mass is 1280 g/mol. The molecule has 0 bridgehead atoms. The van der Waals surface area contributed by atoms with Crippen LogP contribution in [-0.2, 0) is 0 Å². The fraction of sp³-hybridized carbons (Fsp3) is 0. The summed E-state index contributed by atoms with van der Waals surface area (Å²) in [6.45, 7) is -0.478. The van der Waals surface area contributed by atoms with E-state index in [4.69, 9.17) is 0 Å². The van der Waals surface area contributed by atoms with Crippen molar-refractivity contribution in [3.05, 3.63) is 370 Å². The molecule has 464 valence electrons. The zero-order valence-electron chi connectivity index (χ0n) is 53.8. The highest BCUT2D eigenvalue weighted by molar-refractivity contribution is 8.00. The second kappa shape index (κ2) is 24.1. The van der Waals surface area contributed by atoms with E-state index in [9.17, 15) is 0 Å². The van der Waals surface area contributed by atoms with Crippen molar-refractivity contribution in [2.75, 3.05) is 24.5 Å². The van der Waals surface area contributed by atoms with E-state index in [1.54, 1.807) is 6.07 Å². The molecule has 5 nitrogen and oxygen atoms in total. The first-order valence-corrected chi connectivity index (χ1v) is 34.6. The topological polar surface area (TPSA) is 16.2 Å². The molecule has 15 aromatic rings. The molecular formula is C90H60B2FN5S. The van der Waals surface area contributed by atoms with Crippen LogP contribution in [0, 0.1) is 5.82 Å². The third-order valence-electron chi connectivity index (χ3n) is 20.1. The predicted octanol–water partition coefficient (Wildman–Crippen LogP) is 20.6. The molecule has 99 heavy (non-hydrogen) atoms. The maximum Gasteiger partial charge on any atom is 0.252 e. The van der Waals surface area contributed by atoms with Gasteiger partial charge in [-0.05, 0) is 176 Å². The smallest absolute Gasteiger partial charge is 0.252 e. The first-order valence-electron chi connectivity index (χ1n) is 33.8. The van der Waals surface area contributed by atoms with Crippen LogP contribution in [0.4, 0.5) is 89.7 Å². The Bertz CT molecular complexity index is 5440. The van der Waals surface area contributed by atoms with E-state index >= 15 is 4.39 Å². The number of fused-ring (bicyclic) bond motifs is 8. The van der Waals surface area contributed by atoms with Gasteiger partial charge in [0.15, 0.2) is 0 Å². The third kappa shape index (κ3) is 9.79. The molecule has 0 aliphatic carbocycles. The summed E-state index contributed by atoms with van der Waals surface area (Å²) < 4.78 is 18.7. The third-order valence-corrected chi connectivity index (χ3v) is 21.2. The van der Waals surface area contributed by atoms with Gasteiger partial charge in [0.2, 0.25) is 6.71 Å². The number of benzene rings is 15. The molecule has 0 saturated carbocycles. The minimum absolute atomic E-state index is 0.177. The fourth-order valence-electron chi connectivity index (χ4n) is 15.8. The van der Waals surface area contributed by atoms with Gasteiger partial charge in [0, 0.05) is 89.3 Å². The molecule has 19 rings (SSSR count). The standard InChI is InChI=1S/C90H60B2FN5S/c93-79-44-26-41-74(65-31-12-3-13-32-65)90(79)98-82-60-86-78(92-76-43-23-25-46-81(76)97(69-39-20-7-21-40-69)85-57-73(58-87(99-86)89(85)92)94(66-33-14-4-15-34-66)67-35-16-5-17-36-67)59-77(82)91-75-42-22-24-45-80(75)96(68-37-18-6-19-38-68)83-55-72(56-84(98)88(83)91)95(70-51-47-63(48-52-70)61-27-8-1-9-28-61)71-53-49-64(50-54-71)62-29-10-2-11-30-62/h1-60H. The lowest BCUT2D eigenvalue weighted by atomic mass is 9.31. The highest BCUT2D eigenvalue weighted by Crippen LogP contribution is 2.53. The SMILES string of the molecule is Fc1cccc(-c2ccccc2)c1N1c2cc3c(cc2B2c4ccccc4N(c4ccccc4)c4cc(N(c5ccc(-c6ccccc6)cc5)c5ccc(-c6ccccc6)cc5)cc1c42)B1c2ccccc2N(c2ccccc2)c2cc(N(c4ccccc4)c4ccccc4)cc(c21)S3. The van der Waals surface area contributed by atoms with Crippen molar-refractivity contribution in [2.45, 2.75) is 9.79 Å². The van der Waals surface area contributed by atoms with Crippen molar-refractivity contribution in [3.63, 3.8) is 0 Å². The average molecular weight is 1280 g/mol. The van der Waals surface area contributed by atoms with E-state index in [0.717, 1.165) is 134 Å². The van der Waals surface area contributed by atoms with E-state index in [1.807, 2.05) is 23.9 Å². The average Bonchev–Trinajstić information content (AvgIpc) is 0.689. The van der Waals surface area contributed by atoms with Gasteiger partial charge < -0.3 is 24.5 Å². The predicted molar refractivity (Wildman–Crippen MR) is 416 cm³/mol. The van der Waals surface area contributed by atoms with Crippen LogP contribution in [0.5, 0.6) is 0 Å². The van der Waals surface area contributed by atoms with Gasteiger partial charge in [-0.2, -0.15) is 0 Å². The van der Waals surface area contributed by atoms with Gasteiger partial charge in [-0.25, -0.2) is 4.39 Å². The van der Waals surface area contributed by atoms with E-state index in [-0.39, 0.29) is 19.2 Å². The molecule has 15 aromatic carbocycles. The van der Waals surface area contributed by atoms with Crippen LogP contribution in [-0.4, -0.2) is 13.4 Å². The quantitative estimate of drug-likeness (QED) is 0.113. The first kappa shape index (κ1) is 58.1. The molecule has 0 radical (unpaired) electrons. The van der Waals surface area contributed by atoms with Crippen molar-refractivity contribution in [3.8, 4) is 33.4 Å². The molecule has 0 amide bonds. The number of halogens is 1. The van der Waals surface area contributed by atoms with Crippen LogP contribution < -0.4 is 57.3 Å². The molecule has 4 heterocycles. The Morgan fingerprint density at radius 3 is 1.15 bits per heavy atom. The van der Waals surface area contributed by atoms with Crippen LogP contribution in [0.3, 0.4) is 0 Å². The summed E-state index contributed by atoms with van der Waals surface area (Å²) in [7, 11) is 0. The van der Waals surface area contributed by atoms with Crippen LogP contribution in [0.2, 0.25) is 0 Å². The van der Waals surface area contributed by atoms with Gasteiger partial charge in [0.25, 0.3) is 6.71 Å². The molecule has 0 atom stereocenters. The Labute approximate surface area is 581 Å². The normalized spacial score (nSPS) is 12.8. The first-order chi connectivity index (χ1) is 49.1. The Morgan fingerprint density at radius 1 is 0.253 bits per heavy atom. The van der Waals surface area contributed by atoms with Crippen LogP contribution in [0.25, 0.3) is 33.4 Å². The van der Waals surface area contributed by atoms with Gasteiger partial charge in [-0.15, -0.1) is 0 Å². The number of hydrogen-bond acceptors (Lipinski definition) is 6. The van der Waals surface area contributed by atoms with Crippen molar-refractivity contribution in [1.82, 2.24) is 0 Å². The molecule has 4 aliphatic rings. The summed E-state index contributed by atoms with van der Waals surface area (Å²) in [6, 6.07) is 130. The Balaban J connectivity index is 0.901. The summed E-state index contributed by atoms with van der Waals surface area (Å²) >= 11 is 1.82. The highest BCUT2D eigenvalue weighted by atomic mass is 32.2. The minimum atomic E-state index is -0.324. The molecule has 0 unspecified atom stereocenters. The molecular weight excluding hydrogens is 1220 g/mol. The summed E-state index contributed by atoms with van der Waals surface area (Å²) in [6.07, 6.45) is 0. The lowest BCUT2D eigenvalue weighted by Crippen LogP contribution is -2.64.